The maximum Gasteiger partial charge on any atom is 0.337 e. The minimum atomic E-state index is -2.44. The Kier molecular flexibility index (Phi) is 9.12. The largest absolute Gasteiger partial charge is 0.479 e. The Morgan fingerprint density at radius 3 is 2.12 bits per heavy atom. The SMILES string of the molecule is CSCCC(C(=O)O)(C(=O)CC(C)O)N(C(=O)CN)C(=O)C(C)N. The van der Waals surface area contributed by atoms with Crippen LogP contribution in [0.2, 0.25) is 0 Å². The van der Waals surface area contributed by atoms with Crippen LogP contribution in [0.1, 0.15) is 26.7 Å². The third kappa shape index (κ3) is 5.00. The second kappa shape index (κ2) is 9.72. The van der Waals surface area contributed by atoms with Gasteiger partial charge in [-0.05, 0) is 32.3 Å². The fraction of sp³-hybridized carbons (Fsp3) is 0.714. The lowest BCUT2D eigenvalue weighted by Gasteiger charge is -2.39. The van der Waals surface area contributed by atoms with Gasteiger partial charge in [-0.3, -0.25) is 19.3 Å². The van der Waals surface area contributed by atoms with E-state index in [1.54, 1.807) is 6.26 Å². The van der Waals surface area contributed by atoms with Crippen molar-refractivity contribution in [1.29, 1.82) is 0 Å². The van der Waals surface area contributed by atoms with Crippen molar-refractivity contribution in [2.45, 2.75) is 44.4 Å². The molecule has 10 heteroatoms. The van der Waals surface area contributed by atoms with Gasteiger partial charge in [0.05, 0.1) is 18.7 Å². The normalized spacial score (nSPS) is 15.9. The van der Waals surface area contributed by atoms with Crippen molar-refractivity contribution < 1.29 is 29.4 Å². The summed E-state index contributed by atoms with van der Waals surface area (Å²) >= 11 is 1.25. The Morgan fingerprint density at radius 2 is 1.79 bits per heavy atom. The Balaban J connectivity index is 6.34. The molecule has 0 aliphatic heterocycles. The lowest BCUT2D eigenvalue weighted by Crippen LogP contribution is -2.67. The number of Topliss-reactive ketones (excluding diaryl/α,β-unsaturated/α-hetero) is 1. The number of hydrogen-bond donors (Lipinski definition) is 4. The molecule has 0 radical (unpaired) electrons. The molecule has 24 heavy (non-hydrogen) atoms. The molecule has 138 valence electrons. The lowest BCUT2D eigenvalue weighted by atomic mass is 9.85. The Bertz CT molecular complexity index is 497. The fourth-order valence-electron chi connectivity index (χ4n) is 2.20. The maximum absolute atomic E-state index is 12.6. The summed E-state index contributed by atoms with van der Waals surface area (Å²) in [5.74, 6) is -4.43. The van der Waals surface area contributed by atoms with Crippen LogP contribution < -0.4 is 11.5 Å². The molecule has 0 heterocycles. The third-order valence-electron chi connectivity index (χ3n) is 3.38. The highest BCUT2D eigenvalue weighted by atomic mass is 32.2. The molecule has 0 rings (SSSR count). The third-order valence-corrected chi connectivity index (χ3v) is 3.99. The van der Waals surface area contributed by atoms with Gasteiger partial charge in [0.15, 0.2) is 5.78 Å². The van der Waals surface area contributed by atoms with Crippen LogP contribution in [0, 0.1) is 0 Å². The van der Waals surface area contributed by atoms with Gasteiger partial charge in [0.2, 0.25) is 17.4 Å². The van der Waals surface area contributed by atoms with E-state index in [-0.39, 0.29) is 12.2 Å². The highest BCUT2D eigenvalue weighted by Crippen LogP contribution is 2.27. The molecular formula is C14H25N3O6S. The number of imide groups is 1. The van der Waals surface area contributed by atoms with Crippen molar-refractivity contribution in [3.8, 4) is 0 Å². The molecule has 0 saturated heterocycles. The van der Waals surface area contributed by atoms with E-state index in [2.05, 4.69) is 0 Å². The van der Waals surface area contributed by atoms with E-state index in [9.17, 15) is 29.4 Å². The molecule has 9 nitrogen and oxygen atoms in total. The number of thioether (sulfide) groups is 1. The zero-order chi connectivity index (χ0) is 19.1. The minimum Gasteiger partial charge on any atom is -0.479 e. The number of aliphatic hydroxyl groups excluding tert-OH is 1. The number of aliphatic carboxylic acids is 1. The number of amides is 2. The van der Waals surface area contributed by atoms with Crippen LogP contribution in [0.3, 0.4) is 0 Å². The summed E-state index contributed by atoms with van der Waals surface area (Å²) in [6.07, 6.45) is -0.278. The molecule has 0 fully saturated rings. The Labute approximate surface area is 144 Å². The van der Waals surface area contributed by atoms with Gasteiger partial charge in [0, 0.05) is 6.42 Å². The molecule has 3 atom stereocenters. The summed E-state index contributed by atoms with van der Waals surface area (Å²) in [6, 6.07) is -1.20. The van der Waals surface area contributed by atoms with Crippen LogP contribution in [-0.2, 0) is 19.2 Å². The van der Waals surface area contributed by atoms with Gasteiger partial charge in [-0.15, -0.1) is 0 Å². The van der Waals surface area contributed by atoms with E-state index in [0.29, 0.717) is 4.90 Å². The second-order valence-corrected chi connectivity index (χ2v) is 6.43. The number of hydrogen-bond acceptors (Lipinski definition) is 8. The van der Waals surface area contributed by atoms with Gasteiger partial charge in [-0.25, -0.2) is 4.79 Å². The fourth-order valence-corrected chi connectivity index (χ4v) is 2.70. The van der Waals surface area contributed by atoms with Gasteiger partial charge in [-0.1, -0.05) is 0 Å². The van der Waals surface area contributed by atoms with Gasteiger partial charge in [0.1, 0.15) is 0 Å². The van der Waals surface area contributed by atoms with E-state index in [4.69, 9.17) is 11.5 Å². The quantitative estimate of drug-likeness (QED) is 0.340. The summed E-state index contributed by atoms with van der Waals surface area (Å²) in [6.45, 7) is 1.93. The number of carboxylic acid groups (broad SMARTS) is 1. The standard InChI is InChI=1S/C14H25N3O6S/c1-8(18)6-10(19)14(13(22)23,4-5-24-3)17(11(20)7-15)12(21)9(2)16/h8-9,18H,4-7,15-16H2,1-3H3,(H,22,23). The first-order chi connectivity index (χ1) is 11.1. The lowest BCUT2D eigenvalue weighted by molar-refractivity contribution is -0.171. The highest BCUT2D eigenvalue weighted by Gasteiger charge is 2.55. The van der Waals surface area contributed by atoms with Crippen LogP contribution in [-0.4, -0.2) is 74.9 Å². The number of rotatable bonds is 10. The molecule has 2 amide bonds. The molecule has 6 N–H and O–H groups in total. The first kappa shape index (κ1) is 22.5. The zero-order valence-electron chi connectivity index (χ0n) is 14.0. The van der Waals surface area contributed by atoms with Crippen LogP contribution in [0.5, 0.6) is 0 Å². The number of carboxylic acids is 1. The number of aliphatic hydroxyl groups is 1. The summed E-state index contributed by atoms with van der Waals surface area (Å²) in [5, 5.41) is 19.2. The molecule has 0 saturated carbocycles. The van der Waals surface area contributed by atoms with Gasteiger partial charge < -0.3 is 21.7 Å². The molecule has 0 spiro atoms. The van der Waals surface area contributed by atoms with Crippen LogP contribution in [0.25, 0.3) is 0 Å². The molecular weight excluding hydrogens is 338 g/mol. The molecule has 0 bridgehead atoms. The van der Waals surface area contributed by atoms with Crippen molar-refractivity contribution in [3.05, 3.63) is 0 Å². The first-order valence-corrected chi connectivity index (χ1v) is 8.71. The van der Waals surface area contributed by atoms with Crippen molar-refractivity contribution in [3.63, 3.8) is 0 Å². The molecule has 0 aliphatic carbocycles. The molecule has 0 aromatic heterocycles. The number of ketones is 1. The number of carbonyl (C=O) groups excluding carboxylic acids is 3. The predicted molar refractivity (Wildman–Crippen MR) is 89.2 cm³/mol. The number of nitrogens with zero attached hydrogens (tertiary/aromatic N) is 1. The average molecular weight is 363 g/mol. The van der Waals surface area contributed by atoms with Crippen molar-refractivity contribution in [2.75, 3.05) is 18.6 Å². The summed E-state index contributed by atoms with van der Waals surface area (Å²) in [7, 11) is 0. The van der Waals surface area contributed by atoms with E-state index in [0.717, 1.165) is 0 Å². The monoisotopic (exact) mass is 363 g/mol. The number of carbonyl (C=O) groups is 4. The van der Waals surface area contributed by atoms with E-state index in [1.165, 1.54) is 25.6 Å². The zero-order valence-corrected chi connectivity index (χ0v) is 14.8. The maximum atomic E-state index is 12.6. The van der Waals surface area contributed by atoms with Crippen LogP contribution >= 0.6 is 11.8 Å². The second-order valence-electron chi connectivity index (χ2n) is 5.44. The molecule has 0 aromatic rings. The Morgan fingerprint density at radius 1 is 1.25 bits per heavy atom. The van der Waals surface area contributed by atoms with Gasteiger partial charge >= 0.3 is 5.97 Å². The minimum absolute atomic E-state index is 0.193. The summed E-state index contributed by atoms with van der Waals surface area (Å²) in [5.41, 5.74) is 8.36. The summed E-state index contributed by atoms with van der Waals surface area (Å²) < 4.78 is 0. The van der Waals surface area contributed by atoms with Crippen molar-refractivity contribution >= 4 is 35.3 Å². The average Bonchev–Trinajstić information content (AvgIpc) is 2.48. The van der Waals surface area contributed by atoms with Crippen molar-refractivity contribution in [2.24, 2.45) is 11.5 Å². The van der Waals surface area contributed by atoms with Crippen LogP contribution in [0.15, 0.2) is 0 Å². The molecule has 0 aliphatic rings. The Hall–Kier alpha value is -1.49. The highest BCUT2D eigenvalue weighted by molar-refractivity contribution is 7.98. The smallest absolute Gasteiger partial charge is 0.337 e. The number of nitrogens with two attached hydrogens (primary N) is 2. The first-order valence-electron chi connectivity index (χ1n) is 7.32. The predicted octanol–water partition coefficient (Wildman–Crippen LogP) is -1.44. The van der Waals surface area contributed by atoms with E-state index < -0.39 is 54.2 Å². The summed E-state index contributed by atoms with van der Waals surface area (Å²) in [4.78, 5) is 49.6. The van der Waals surface area contributed by atoms with Gasteiger partial charge in [-0.2, -0.15) is 11.8 Å². The topological polar surface area (TPSA) is 164 Å². The molecule has 0 aromatic carbocycles. The van der Waals surface area contributed by atoms with E-state index in [1.807, 2.05) is 0 Å². The van der Waals surface area contributed by atoms with Gasteiger partial charge in [0.25, 0.3) is 0 Å². The van der Waals surface area contributed by atoms with E-state index >= 15 is 0 Å². The van der Waals surface area contributed by atoms with Crippen molar-refractivity contribution in [1.82, 2.24) is 4.90 Å². The van der Waals surface area contributed by atoms with Crippen LogP contribution in [0.4, 0.5) is 0 Å². The molecule has 3 unspecified atom stereocenters.